The van der Waals surface area contributed by atoms with Gasteiger partial charge in [0.05, 0.1) is 24.2 Å². The van der Waals surface area contributed by atoms with Gasteiger partial charge in [0, 0.05) is 13.7 Å². The maximum Gasteiger partial charge on any atom is 0.252 e. The summed E-state index contributed by atoms with van der Waals surface area (Å²) in [5.74, 6) is 0.358. The topological polar surface area (TPSA) is 65.4 Å². The summed E-state index contributed by atoms with van der Waals surface area (Å²) in [5.41, 5.74) is 1.90. The van der Waals surface area contributed by atoms with Crippen molar-refractivity contribution in [1.82, 2.24) is 9.55 Å². The summed E-state index contributed by atoms with van der Waals surface area (Å²) >= 11 is 0. The normalized spacial score (nSPS) is 11.0. The van der Waals surface area contributed by atoms with Crippen molar-refractivity contribution < 1.29 is 14.3 Å². The van der Waals surface area contributed by atoms with Crippen molar-refractivity contribution in [3.63, 3.8) is 0 Å². The largest absolute Gasteiger partial charge is 0.382 e. The monoisotopic (exact) mass is 291 g/mol. The molecule has 1 amide bonds. The number of aryl methyl sites for hydroxylation is 1. The molecule has 0 aliphatic heterocycles. The van der Waals surface area contributed by atoms with Gasteiger partial charge in [-0.25, -0.2) is 4.98 Å². The van der Waals surface area contributed by atoms with Gasteiger partial charge in [0.15, 0.2) is 0 Å². The van der Waals surface area contributed by atoms with E-state index in [2.05, 4.69) is 17.2 Å². The lowest BCUT2D eigenvalue weighted by molar-refractivity contribution is -0.121. The highest BCUT2D eigenvalue weighted by Gasteiger charge is 2.12. The molecule has 2 rings (SSSR count). The van der Waals surface area contributed by atoms with Gasteiger partial charge in [0.25, 0.3) is 5.91 Å². The third-order valence-corrected chi connectivity index (χ3v) is 3.02. The third-order valence-electron chi connectivity index (χ3n) is 3.02. The number of amides is 1. The number of fused-ring (bicyclic) bond motifs is 1. The fourth-order valence-corrected chi connectivity index (χ4v) is 2.09. The molecule has 2 aromatic rings. The molecule has 0 bridgehead atoms. The van der Waals surface area contributed by atoms with Gasteiger partial charge >= 0.3 is 0 Å². The Labute approximate surface area is 124 Å². The molecule has 1 N–H and O–H groups in total. The quantitative estimate of drug-likeness (QED) is 0.756. The predicted octanol–water partition coefficient (Wildman–Crippen LogP) is 2.05. The first-order valence-corrected chi connectivity index (χ1v) is 7.08. The maximum atomic E-state index is 11.9. The number of aromatic nitrogens is 2. The number of hydrogen-bond donors (Lipinski definition) is 1. The fourth-order valence-electron chi connectivity index (χ4n) is 2.09. The van der Waals surface area contributed by atoms with Crippen LogP contribution in [0.2, 0.25) is 0 Å². The summed E-state index contributed by atoms with van der Waals surface area (Å²) in [5, 5.41) is 2.81. The van der Waals surface area contributed by atoms with Gasteiger partial charge in [0.2, 0.25) is 5.95 Å². The number of hydrogen-bond acceptors (Lipinski definition) is 4. The van der Waals surface area contributed by atoms with Crippen LogP contribution in [0.1, 0.15) is 13.3 Å². The number of methoxy groups -OCH3 is 1. The number of anilines is 1. The number of rotatable bonds is 8. The molecule has 0 atom stereocenters. The number of nitrogens with one attached hydrogen (secondary N) is 1. The minimum absolute atomic E-state index is 0.00130. The molecule has 21 heavy (non-hydrogen) atoms. The van der Waals surface area contributed by atoms with Gasteiger partial charge in [-0.05, 0) is 18.6 Å². The second kappa shape index (κ2) is 7.75. The number of para-hydroxylation sites is 2. The van der Waals surface area contributed by atoms with E-state index in [-0.39, 0.29) is 12.5 Å². The van der Waals surface area contributed by atoms with Gasteiger partial charge in [-0.3, -0.25) is 10.1 Å². The van der Waals surface area contributed by atoms with Crippen molar-refractivity contribution in [1.29, 1.82) is 0 Å². The van der Waals surface area contributed by atoms with E-state index in [1.165, 1.54) is 0 Å². The molecule has 0 radical (unpaired) electrons. The highest BCUT2D eigenvalue weighted by atomic mass is 16.5. The van der Waals surface area contributed by atoms with Crippen LogP contribution in [-0.4, -0.2) is 42.4 Å². The van der Waals surface area contributed by atoms with Gasteiger partial charge in [-0.1, -0.05) is 19.1 Å². The molecular formula is C15H21N3O3. The molecule has 6 heteroatoms. The van der Waals surface area contributed by atoms with Crippen LogP contribution in [0, 0.1) is 0 Å². The average Bonchev–Trinajstić information content (AvgIpc) is 2.82. The molecule has 1 aromatic carbocycles. The van der Waals surface area contributed by atoms with E-state index in [4.69, 9.17) is 9.47 Å². The smallest absolute Gasteiger partial charge is 0.252 e. The first kappa shape index (κ1) is 15.5. The number of benzene rings is 1. The number of carbonyl (C=O) groups excluding carboxylic acids is 1. The van der Waals surface area contributed by atoms with E-state index in [0.29, 0.717) is 19.2 Å². The number of ether oxygens (including phenoxy) is 2. The van der Waals surface area contributed by atoms with Crippen molar-refractivity contribution in [2.24, 2.45) is 0 Å². The SMILES string of the molecule is CCCn1c(NC(=O)COCCOC)nc2ccccc21. The van der Waals surface area contributed by atoms with Gasteiger partial charge in [0.1, 0.15) is 6.61 Å². The summed E-state index contributed by atoms with van der Waals surface area (Å²) < 4.78 is 12.1. The minimum atomic E-state index is -0.209. The molecule has 114 valence electrons. The lowest BCUT2D eigenvalue weighted by atomic mass is 10.3. The number of nitrogens with zero attached hydrogens (tertiary/aromatic N) is 2. The highest BCUT2D eigenvalue weighted by Crippen LogP contribution is 2.19. The summed E-state index contributed by atoms with van der Waals surface area (Å²) in [7, 11) is 1.59. The molecule has 1 aromatic heterocycles. The number of imidazole rings is 1. The minimum Gasteiger partial charge on any atom is -0.382 e. The van der Waals surface area contributed by atoms with Crippen molar-refractivity contribution in [2.45, 2.75) is 19.9 Å². The molecule has 1 heterocycles. The lowest BCUT2D eigenvalue weighted by Gasteiger charge is -2.09. The summed E-state index contributed by atoms with van der Waals surface area (Å²) in [4.78, 5) is 16.3. The Balaban J connectivity index is 2.06. The number of carbonyl (C=O) groups is 1. The van der Waals surface area contributed by atoms with E-state index in [1.807, 2.05) is 28.8 Å². The van der Waals surface area contributed by atoms with Crippen LogP contribution in [0.4, 0.5) is 5.95 Å². The van der Waals surface area contributed by atoms with Crippen LogP contribution in [0.25, 0.3) is 11.0 Å². The molecule has 0 saturated heterocycles. The summed E-state index contributed by atoms with van der Waals surface area (Å²) in [6.45, 7) is 3.77. The van der Waals surface area contributed by atoms with E-state index in [9.17, 15) is 4.79 Å². The van der Waals surface area contributed by atoms with Crippen molar-refractivity contribution in [2.75, 3.05) is 32.2 Å². The van der Waals surface area contributed by atoms with E-state index in [0.717, 1.165) is 24.0 Å². The first-order chi connectivity index (χ1) is 10.3. The lowest BCUT2D eigenvalue weighted by Crippen LogP contribution is -2.22. The zero-order valence-corrected chi connectivity index (χ0v) is 12.5. The Hall–Kier alpha value is -1.92. The van der Waals surface area contributed by atoms with E-state index in [1.54, 1.807) is 7.11 Å². The maximum absolute atomic E-state index is 11.9. The molecule has 0 saturated carbocycles. The summed E-state index contributed by atoms with van der Waals surface area (Å²) in [6, 6.07) is 7.84. The van der Waals surface area contributed by atoms with Crippen molar-refractivity contribution >= 4 is 22.9 Å². The van der Waals surface area contributed by atoms with Crippen LogP contribution in [0.3, 0.4) is 0 Å². The molecule has 0 unspecified atom stereocenters. The Bertz CT molecular complexity index is 595. The van der Waals surface area contributed by atoms with E-state index >= 15 is 0 Å². The van der Waals surface area contributed by atoms with E-state index < -0.39 is 0 Å². The molecule has 0 spiro atoms. The van der Waals surface area contributed by atoms with Crippen LogP contribution in [0.15, 0.2) is 24.3 Å². The summed E-state index contributed by atoms with van der Waals surface area (Å²) in [6.07, 6.45) is 0.966. The van der Waals surface area contributed by atoms with Crippen LogP contribution >= 0.6 is 0 Å². The van der Waals surface area contributed by atoms with Crippen LogP contribution in [-0.2, 0) is 20.8 Å². The second-order valence-corrected chi connectivity index (χ2v) is 4.67. The van der Waals surface area contributed by atoms with Gasteiger partial charge in [-0.15, -0.1) is 0 Å². The third kappa shape index (κ3) is 4.03. The molecule has 0 aliphatic rings. The zero-order valence-electron chi connectivity index (χ0n) is 12.5. The van der Waals surface area contributed by atoms with Gasteiger partial charge < -0.3 is 14.0 Å². The van der Waals surface area contributed by atoms with Crippen molar-refractivity contribution in [3.05, 3.63) is 24.3 Å². The molecular weight excluding hydrogens is 270 g/mol. The molecule has 0 aliphatic carbocycles. The Morgan fingerprint density at radius 3 is 2.90 bits per heavy atom. The standard InChI is InChI=1S/C15H21N3O3/c1-3-8-18-13-7-5-4-6-12(13)16-15(18)17-14(19)11-21-10-9-20-2/h4-7H,3,8-11H2,1-2H3,(H,16,17,19). The van der Waals surface area contributed by atoms with Crippen LogP contribution < -0.4 is 5.32 Å². The van der Waals surface area contributed by atoms with Gasteiger partial charge in [-0.2, -0.15) is 0 Å². The zero-order chi connectivity index (χ0) is 15.1. The average molecular weight is 291 g/mol. The first-order valence-electron chi connectivity index (χ1n) is 7.08. The second-order valence-electron chi connectivity index (χ2n) is 4.67. The molecule has 0 fully saturated rings. The van der Waals surface area contributed by atoms with Crippen molar-refractivity contribution in [3.8, 4) is 0 Å². The Morgan fingerprint density at radius 1 is 1.33 bits per heavy atom. The van der Waals surface area contributed by atoms with Crippen LogP contribution in [0.5, 0.6) is 0 Å². The Morgan fingerprint density at radius 2 is 2.14 bits per heavy atom. The Kier molecular flexibility index (Phi) is 5.71. The predicted molar refractivity (Wildman–Crippen MR) is 81.3 cm³/mol. The highest BCUT2D eigenvalue weighted by molar-refractivity contribution is 5.92. The fraction of sp³-hybridized carbons (Fsp3) is 0.467. The molecule has 6 nitrogen and oxygen atoms in total.